The van der Waals surface area contributed by atoms with Crippen LogP contribution >= 0.6 is 27.3 Å². The van der Waals surface area contributed by atoms with Gasteiger partial charge in [-0.15, -0.1) is 0 Å². The summed E-state index contributed by atoms with van der Waals surface area (Å²) in [6.45, 7) is 3.34. The van der Waals surface area contributed by atoms with Gasteiger partial charge in [0.1, 0.15) is 5.82 Å². The lowest BCUT2D eigenvalue weighted by molar-refractivity contribution is 0.0996. The fraction of sp³-hybridized carbons (Fsp3) is 0.222. The Kier molecular flexibility index (Phi) is 5.78. The number of halogens is 2. The van der Waals surface area contributed by atoms with Crippen LogP contribution in [0.4, 0.5) is 4.39 Å². The molecule has 0 saturated carbocycles. The quantitative estimate of drug-likeness (QED) is 0.572. The molecular weight excluding hydrogens is 407 g/mol. The summed E-state index contributed by atoms with van der Waals surface area (Å²) < 4.78 is 23.0. The van der Waals surface area contributed by atoms with E-state index in [-0.39, 0.29) is 11.7 Å². The second-order valence-electron chi connectivity index (χ2n) is 5.24. The van der Waals surface area contributed by atoms with E-state index in [1.165, 1.54) is 17.4 Å². The molecule has 0 spiro atoms. The summed E-state index contributed by atoms with van der Waals surface area (Å²) in [7, 11) is 0. The first kappa shape index (κ1) is 18.0. The number of ether oxygens (including phenoxy) is 1. The maximum atomic E-state index is 14.3. The SMILES string of the molecule is CCOCCn1c(=NC(=O)c2ccc(Br)cc2)sc2cccc(F)c21. The van der Waals surface area contributed by atoms with Crippen LogP contribution in [0.25, 0.3) is 10.2 Å². The van der Waals surface area contributed by atoms with Crippen LogP contribution in [0.5, 0.6) is 0 Å². The summed E-state index contributed by atoms with van der Waals surface area (Å²) in [6, 6.07) is 11.9. The van der Waals surface area contributed by atoms with Gasteiger partial charge in [-0.05, 0) is 43.3 Å². The smallest absolute Gasteiger partial charge is 0.279 e. The van der Waals surface area contributed by atoms with Crippen molar-refractivity contribution >= 4 is 43.4 Å². The molecule has 1 aromatic heterocycles. The van der Waals surface area contributed by atoms with E-state index in [0.29, 0.717) is 35.6 Å². The Bertz CT molecular complexity index is 963. The number of rotatable bonds is 5. The van der Waals surface area contributed by atoms with Crippen molar-refractivity contribution in [2.75, 3.05) is 13.2 Å². The third-order valence-corrected chi connectivity index (χ3v) is 5.18. The van der Waals surface area contributed by atoms with Crippen LogP contribution in [0, 0.1) is 5.82 Å². The number of hydrogen-bond donors (Lipinski definition) is 0. The zero-order valence-electron chi connectivity index (χ0n) is 13.5. The second-order valence-corrected chi connectivity index (χ2v) is 7.17. The topological polar surface area (TPSA) is 43.6 Å². The van der Waals surface area contributed by atoms with Crippen LogP contribution in [0.3, 0.4) is 0 Å². The van der Waals surface area contributed by atoms with Gasteiger partial charge >= 0.3 is 0 Å². The van der Waals surface area contributed by atoms with Crippen molar-refractivity contribution < 1.29 is 13.9 Å². The van der Waals surface area contributed by atoms with Crippen molar-refractivity contribution in [2.45, 2.75) is 13.5 Å². The Hall–Kier alpha value is -1.83. The zero-order chi connectivity index (χ0) is 17.8. The van der Waals surface area contributed by atoms with E-state index in [0.717, 1.165) is 9.17 Å². The van der Waals surface area contributed by atoms with Gasteiger partial charge in [-0.1, -0.05) is 33.3 Å². The van der Waals surface area contributed by atoms with Gasteiger partial charge in [-0.25, -0.2) is 4.39 Å². The molecule has 0 radical (unpaired) electrons. The molecule has 2 aromatic carbocycles. The standard InChI is InChI=1S/C18H16BrFN2O2S/c1-2-24-11-10-22-16-14(20)4-3-5-15(16)25-18(22)21-17(23)12-6-8-13(19)9-7-12/h3-9H,2,10-11H2,1H3. The Morgan fingerprint density at radius 3 is 2.76 bits per heavy atom. The molecule has 0 saturated heterocycles. The summed E-state index contributed by atoms with van der Waals surface area (Å²) in [4.78, 5) is 17.1. The second kappa shape index (κ2) is 8.03. The number of amides is 1. The predicted molar refractivity (Wildman–Crippen MR) is 100 cm³/mol. The Balaban J connectivity index is 2.07. The minimum absolute atomic E-state index is 0.331. The first-order valence-corrected chi connectivity index (χ1v) is 9.41. The number of aromatic nitrogens is 1. The number of benzene rings is 2. The third-order valence-electron chi connectivity index (χ3n) is 3.60. The highest BCUT2D eigenvalue weighted by Gasteiger charge is 2.12. The minimum atomic E-state index is -0.357. The summed E-state index contributed by atoms with van der Waals surface area (Å²) in [5.41, 5.74) is 0.937. The van der Waals surface area contributed by atoms with Crippen molar-refractivity contribution in [3.63, 3.8) is 0 Å². The molecular formula is C18H16BrFN2O2S. The number of para-hydroxylation sites is 1. The number of hydrogen-bond acceptors (Lipinski definition) is 3. The molecule has 0 aliphatic heterocycles. The predicted octanol–water partition coefficient (Wildman–Crippen LogP) is 4.38. The summed E-state index contributed by atoms with van der Waals surface area (Å²) in [5.74, 6) is -0.688. The Morgan fingerprint density at radius 2 is 2.04 bits per heavy atom. The van der Waals surface area contributed by atoms with E-state index < -0.39 is 0 Å². The first-order chi connectivity index (χ1) is 12.1. The summed E-state index contributed by atoms with van der Waals surface area (Å²) in [5, 5.41) is 0. The lowest BCUT2D eigenvalue weighted by Gasteiger charge is -2.06. The Morgan fingerprint density at radius 1 is 1.28 bits per heavy atom. The highest BCUT2D eigenvalue weighted by Crippen LogP contribution is 2.20. The highest BCUT2D eigenvalue weighted by atomic mass is 79.9. The molecule has 0 atom stereocenters. The molecule has 0 aliphatic rings. The van der Waals surface area contributed by atoms with E-state index >= 15 is 0 Å². The molecule has 3 aromatic rings. The fourth-order valence-corrected chi connectivity index (χ4v) is 3.76. The van der Waals surface area contributed by atoms with E-state index in [9.17, 15) is 9.18 Å². The fourth-order valence-electron chi connectivity index (χ4n) is 2.42. The number of carbonyl (C=O) groups is 1. The van der Waals surface area contributed by atoms with Gasteiger partial charge in [0.2, 0.25) is 0 Å². The van der Waals surface area contributed by atoms with Crippen LogP contribution < -0.4 is 4.80 Å². The van der Waals surface area contributed by atoms with Gasteiger partial charge < -0.3 is 9.30 Å². The van der Waals surface area contributed by atoms with Crippen LogP contribution in [0.1, 0.15) is 17.3 Å². The van der Waals surface area contributed by atoms with Gasteiger partial charge in [-0.3, -0.25) is 4.79 Å². The molecule has 3 rings (SSSR count). The van der Waals surface area contributed by atoms with Crippen molar-refractivity contribution in [1.82, 2.24) is 4.57 Å². The summed E-state index contributed by atoms with van der Waals surface area (Å²) in [6.07, 6.45) is 0. The van der Waals surface area contributed by atoms with Gasteiger partial charge in [0.25, 0.3) is 5.91 Å². The van der Waals surface area contributed by atoms with Gasteiger partial charge in [0, 0.05) is 23.2 Å². The third kappa shape index (κ3) is 4.05. The van der Waals surface area contributed by atoms with E-state index in [2.05, 4.69) is 20.9 Å². The van der Waals surface area contributed by atoms with E-state index in [4.69, 9.17) is 4.74 Å². The van der Waals surface area contributed by atoms with E-state index in [1.54, 1.807) is 34.9 Å². The molecule has 0 aliphatic carbocycles. The Labute approximate surface area is 156 Å². The van der Waals surface area contributed by atoms with Crippen LogP contribution in [0.15, 0.2) is 51.9 Å². The maximum absolute atomic E-state index is 14.3. The largest absolute Gasteiger partial charge is 0.380 e. The van der Waals surface area contributed by atoms with Gasteiger partial charge in [0.05, 0.1) is 16.8 Å². The number of thiazole rings is 1. The average Bonchev–Trinajstić information content (AvgIpc) is 2.94. The van der Waals surface area contributed by atoms with Gasteiger partial charge in [0.15, 0.2) is 4.80 Å². The molecule has 1 heterocycles. The molecule has 7 heteroatoms. The van der Waals surface area contributed by atoms with Crippen LogP contribution in [-0.2, 0) is 11.3 Å². The normalized spacial score (nSPS) is 12.0. The molecule has 4 nitrogen and oxygen atoms in total. The van der Waals surface area contributed by atoms with Crippen LogP contribution in [-0.4, -0.2) is 23.7 Å². The number of nitrogens with zero attached hydrogens (tertiary/aromatic N) is 2. The first-order valence-electron chi connectivity index (χ1n) is 7.80. The minimum Gasteiger partial charge on any atom is -0.380 e. The summed E-state index contributed by atoms with van der Waals surface area (Å²) >= 11 is 4.63. The molecule has 25 heavy (non-hydrogen) atoms. The molecule has 0 fully saturated rings. The van der Waals surface area contributed by atoms with Crippen molar-refractivity contribution in [1.29, 1.82) is 0 Å². The van der Waals surface area contributed by atoms with Crippen LogP contribution in [0.2, 0.25) is 0 Å². The van der Waals surface area contributed by atoms with Crippen molar-refractivity contribution in [3.05, 3.63) is 63.1 Å². The number of carbonyl (C=O) groups excluding carboxylic acids is 1. The highest BCUT2D eigenvalue weighted by molar-refractivity contribution is 9.10. The zero-order valence-corrected chi connectivity index (χ0v) is 15.9. The van der Waals surface area contributed by atoms with Gasteiger partial charge in [-0.2, -0.15) is 4.99 Å². The average molecular weight is 423 g/mol. The van der Waals surface area contributed by atoms with Crippen molar-refractivity contribution in [2.24, 2.45) is 4.99 Å². The molecule has 0 bridgehead atoms. The monoisotopic (exact) mass is 422 g/mol. The molecule has 0 N–H and O–H groups in total. The van der Waals surface area contributed by atoms with Crippen molar-refractivity contribution in [3.8, 4) is 0 Å². The molecule has 1 amide bonds. The maximum Gasteiger partial charge on any atom is 0.279 e. The van der Waals surface area contributed by atoms with E-state index in [1.807, 2.05) is 13.0 Å². The lowest BCUT2D eigenvalue weighted by Crippen LogP contribution is -2.20. The molecule has 130 valence electrons. The molecule has 0 unspecified atom stereocenters. The lowest BCUT2D eigenvalue weighted by atomic mass is 10.2. The number of fused-ring (bicyclic) bond motifs is 1.